The van der Waals surface area contributed by atoms with Crippen LogP contribution in [0.2, 0.25) is 5.02 Å². The Hall–Kier alpha value is -2.20. The molecule has 0 saturated carbocycles. The summed E-state index contributed by atoms with van der Waals surface area (Å²) >= 11 is 5.98. The zero-order valence-electron chi connectivity index (χ0n) is 12.7. The maximum atomic E-state index is 12.4. The van der Waals surface area contributed by atoms with E-state index in [1.807, 2.05) is 25.1 Å². The van der Waals surface area contributed by atoms with Gasteiger partial charge in [-0.05, 0) is 36.8 Å². The minimum absolute atomic E-state index is 0.169. The van der Waals surface area contributed by atoms with Gasteiger partial charge in [0.2, 0.25) is 0 Å². The largest absolute Gasteiger partial charge is 0.497 e. The lowest BCUT2D eigenvalue weighted by molar-refractivity contribution is 0.0937. The number of ether oxygens (including phenoxy) is 2. The van der Waals surface area contributed by atoms with Gasteiger partial charge in [-0.2, -0.15) is 0 Å². The molecule has 0 aliphatic carbocycles. The lowest BCUT2D eigenvalue weighted by atomic mass is 10.1. The Labute approximate surface area is 135 Å². The van der Waals surface area contributed by atoms with Crippen LogP contribution in [0.25, 0.3) is 0 Å². The van der Waals surface area contributed by atoms with Gasteiger partial charge in [-0.25, -0.2) is 0 Å². The molecule has 5 heteroatoms. The summed E-state index contributed by atoms with van der Waals surface area (Å²) in [5.41, 5.74) is 1.39. The van der Waals surface area contributed by atoms with Crippen molar-refractivity contribution in [2.45, 2.75) is 13.0 Å². The molecule has 1 unspecified atom stereocenters. The minimum Gasteiger partial charge on any atom is -0.497 e. The average Bonchev–Trinajstić information content (AvgIpc) is 2.54. The van der Waals surface area contributed by atoms with Gasteiger partial charge in [-0.3, -0.25) is 4.79 Å². The third kappa shape index (κ3) is 3.71. The molecule has 1 amide bonds. The van der Waals surface area contributed by atoms with E-state index in [1.165, 1.54) is 7.11 Å². The van der Waals surface area contributed by atoms with Crippen LogP contribution in [0, 0.1) is 0 Å². The molecule has 1 N–H and O–H groups in total. The highest BCUT2D eigenvalue weighted by Crippen LogP contribution is 2.25. The number of halogens is 1. The number of amides is 1. The quantitative estimate of drug-likeness (QED) is 0.910. The van der Waals surface area contributed by atoms with Gasteiger partial charge in [0.15, 0.2) is 0 Å². The van der Waals surface area contributed by atoms with E-state index >= 15 is 0 Å². The van der Waals surface area contributed by atoms with Crippen LogP contribution in [0.3, 0.4) is 0 Å². The summed E-state index contributed by atoms with van der Waals surface area (Å²) in [6.07, 6.45) is 0. The monoisotopic (exact) mass is 319 g/mol. The Kier molecular flexibility index (Phi) is 5.28. The maximum Gasteiger partial charge on any atom is 0.255 e. The van der Waals surface area contributed by atoms with Crippen molar-refractivity contribution in [1.29, 1.82) is 0 Å². The summed E-state index contributed by atoms with van der Waals surface area (Å²) in [7, 11) is 3.09. The Balaban J connectivity index is 2.18. The Morgan fingerprint density at radius 3 is 2.55 bits per heavy atom. The van der Waals surface area contributed by atoms with Crippen LogP contribution < -0.4 is 14.8 Å². The second-order valence-corrected chi connectivity index (χ2v) is 5.25. The molecule has 0 saturated heterocycles. The summed E-state index contributed by atoms with van der Waals surface area (Å²) in [4.78, 5) is 12.4. The van der Waals surface area contributed by atoms with Gasteiger partial charge in [-0.15, -0.1) is 0 Å². The Bertz CT molecular complexity index is 673. The Morgan fingerprint density at radius 1 is 1.14 bits per heavy atom. The topological polar surface area (TPSA) is 47.6 Å². The van der Waals surface area contributed by atoms with Crippen LogP contribution in [-0.4, -0.2) is 20.1 Å². The fourth-order valence-electron chi connectivity index (χ4n) is 2.12. The number of nitrogens with one attached hydrogen (secondary N) is 1. The zero-order valence-corrected chi connectivity index (χ0v) is 13.5. The molecule has 4 nitrogen and oxygen atoms in total. The van der Waals surface area contributed by atoms with Crippen molar-refractivity contribution < 1.29 is 14.3 Å². The van der Waals surface area contributed by atoms with Crippen LogP contribution in [-0.2, 0) is 0 Å². The second-order valence-electron chi connectivity index (χ2n) is 4.82. The van der Waals surface area contributed by atoms with E-state index < -0.39 is 0 Å². The van der Waals surface area contributed by atoms with Gasteiger partial charge >= 0.3 is 0 Å². The first kappa shape index (κ1) is 16.2. The average molecular weight is 320 g/mol. The van der Waals surface area contributed by atoms with Crippen molar-refractivity contribution in [2.24, 2.45) is 0 Å². The number of carbonyl (C=O) groups excluding carboxylic acids is 1. The molecule has 0 bridgehead atoms. The molecule has 0 radical (unpaired) electrons. The van der Waals surface area contributed by atoms with E-state index in [9.17, 15) is 4.79 Å². The molecular formula is C17H18ClNO3. The molecule has 1 atom stereocenters. The van der Waals surface area contributed by atoms with Crippen LogP contribution in [0.4, 0.5) is 0 Å². The van der Waals surface area contributed by atoms with Gasteiger partial charge in [0.05, 0.1) is 25.8 Å². The molecule has 116 valence electrons. The van der Waals surface area contributed by atoms with Crippen LogP contribution in [0.1, 0.15) is 28.9 Å². The van der Waals surface area contributed by atoms with E-state index in [1.54, 1.807) is 31.4 Å². The molecule has 2 aromatic carbocycles. The van der Waals surface area contributed by atoms with Gasteiger partial charge in [0, 0.05) is 11.1 Å². The van der Waals surface area contributed by atoms with Crippen molar-refractivity contribution in [1.82, 2.24) is 5.32 Å². The van der Waals surface area contributed by atoms with Crippen LogP contribution in [0.15, 0.2) is 42.5 Å². The molecule has 2 aromatic rings. The van der Waals surface area contributed by atoms with Gasteiger partial charge in [0.1, 0.15) is 11.5 Å². The summed E-state index contributed by atoms with van der Waals surface area (Å²) in [5, 5.41) is 3.57. The molecule has 0 spiro atoms. The highest BCUT2D eigenvalue weighted by molar-refractivity contribution is 6.30. The molecule has 0 aromatic heterocycles. The number of rotatable bonds is 5. The smallest absolute Gasteiger partial charge is 0.255 e. The van der Waals surface area contributed by atoms with E-state index in [4.69, 9.17) is 21.1 Å². The SMILES string of the molecule is COc1ccc(C(=O)NC(C)c2cccc(Cl)c2)c(OC)c1. The van der Waals surface area contributed by atoms with E-state index in [0.717, 1.165) is 5.56 Å². The first-order chi connectivity index (χ1) is 10.5. The number of hydrogen-bond donors (Lipinski definition) is 1. The van der Waals surface area contributed by atoms with Crippen molar-refractivity contribution in [3.8, 4) is 11.5 Å². The van der Waals surface area contributed by atoms with Gasteiger partial charge in [0.25, 0.3) is 5.91 Å². The summed E-state index contributed by atoms with van der Waals surface area (Å²) in [6.45, 7) is 1.90. The summed E-state index contributed by atoms with van der Waals surface area (Å²) in [6, 6.07) is 12.3. The van der Waals surface area contributed by atoms with E-state index in [2.05, 4.69) is 5.32 Å². The predicted octanol–water partition coefficient (Wildman–Crippen LogP) is 3.85. The highest BCUT2D eigenvalue weighted by atomic mass is 35.5. The molecular weight excluding hydrogens is 302 g/mol. The highest BCUT2D eigenvalue weighted by Gasteiger charge is 2.16. The zero-order chi connectivity index (χ0) is 16.1. The standard InChI is InChI=1S/C17H18ClNO3/c1-11(12-5-4-6-13(18)9-12)19-17(20)15-8-7-14(21-2)10-16(15)22-3/h4-11H,1-3H3,(H,19,20). The van der Waals surface area contributed by atoms with Crippen molar-refractivity contribution in [3.63, 3.8) is 0 Å². The van der Waals surface area contributed by atoms with Gasteiger partial charge < -0.3 is 14.8 Å². The van der Waals surface area contributed by atoms with E-state index in [-0.39, 0.29) is 11.9 Å². The normalized spacial score (nSPS) is 11.6. The third-order valence-corrected chi connectivity index (χ3v) is 3.58. The maximum absolute atomic E-state index is 12.4. The molecule has 0 fully saturated rings. The van der Waals surface area contributed by atoms with Crippen molar-refractivity contribution >= 4 is 17.5 Å². The van der Waals surface area contributed by atoms with Crippen LogP contribution >= 0.6 is 11.6 Å². The molecule has 0 aliphatic heterocycles. The lowest BCUT2D eigenvalue weighted by Gasteiger charge is -2.16. The molecule has 2 rings (SSSR count). The lowest BCUT2D eigenvalue weighted by Crippen LogP contribution is -2.27. The minimum atomic E-state index is -0.216. The van der Waals surface area contributed by atoms with Gasteiger partial charge in [-0.1, -0.05) is 23.7 Å². The molecule has 0 aliphatic rings. The Morgan fingerprint density at radius 2 is 1.91 bits per heavy atom. The fraction of sp³-hybridized carbons (Fsp3) is 0.235. The van der Waals surface area contributed by atoms with Crippen molar-refractivity contribution in [3.05, 3.63) is 58.6 Å². The predicted molar refractivity (Wildman–Crippen MR) is 86.9 cm³/mol. The number of hydrogen-bond acceptors (Lipinski definition) is 3. The summed E-state index contributed by atoms with van der Waals surface area (Å²) in [5.74, 6) is 0.887. The van der Waals surface area contributed by atoms with E-state index in [0.29, 0.717) is 22.1 Å². The fourth-order valence-corrected chi connectivity index (χ4v) is 2.32. The number of benzene rings is 2. The molecule has 0 heterocycles. The first-order valence-electron chi connectivity index (χ1n) is 6.83. The van der Waals surface area contributed by atoms with Crippen LogP contribution in [0.5, 0.6) is 11.5 Å². The third-order valence-electron chi connectivity index (χ3n) is 3.35. The summed E-state index contributed by atoms with van der Waals surface area (Å²) < 4.78 is 10.4. The first-order valence-corrected chi connectivity index (χ1v) is 7.21. The van der Waals surface area contributed by atoms with Crippen molar-refractivity contribution in [2.75, 3.05) is 14.2 Å². The number of carbonyl (C=O) groups is 1. The molecule has 22 heavy (non-hydrogen) atoms. The number of methoxy groups -OCH3 is 2. The second kappa shape index (κ2) is 7.18.